The highest BCUT2D eigenvalue weighted by Crippen LogP contribution is 2.54. The van der Waals surface area contributed by atoms with Gasteiger partial charge in [0.15, 0.2) is 12.1 Å². The lowest BCUT2D eigenvalue weighted by Crippen LogP contribution is -2.54. The smallest absolute Gasteiger partial charge is 0.316 e. The van der Waals surface area contributed by atoms with Crippen LogP contribution >= 0.6 is 0 Å². The first-order chi connectivity index (χ1) is 19.7. The van der Waals surface area contributed by atoms with Crippen LogP contribution in [0, 0.1) is 0 Å². The van der Waals surface area contributed by atoms with E-state index in [0.717, 1.165) is 19.2 Å². The topological polar surface area (TPSA) is 183 Å². The quantitative estimate of drug-likeness (QED) is 0.217. The lowest BCUT2D eigenvalue weighted by molar-refractivity contribution is -0.258. The molecule has 5 N–H and O–H groups in total. The Morgan fingerprint density at radius 3 is 2.29 bits per heavy atom. The minimum Gasteiger partial charge on any atom is -0.507 e. The lowest BCUT2D eigenvalue weighted by atomic mass is 9.67. The van der Waals surface area contributed by atoms with Crippen molar-refractivity contribution in [3.63, 3.8) is 0 Å². The molecule has 0 bridgehead atoms. The van der Waals surface area contributed by atoms with Crippen LogP contribution in [0.2, 0.25) is 0 Å². The number of methoxy groups -OCH3 is 1. The Morgan fingerprint density at radius 2 is 1.71 bits per heavy atom. The van der Waals surface area contributed by atoms with Gasteiger partial charge >= 0.3 is 5.97 Å². The molecule has 3 aliphatic rings. The van der Waals surface area contributed by atoms with Gasteiger partial charge in [-0.2, -0.15) is 0 Å². The van der Waals surface area contributed by atoms with Crippen LogP contribution in [0.3, 0.4) is 0 Å². The van der Waals surface area contributed by atoms with Crippen molar-refractivity contribution in [2.75, 3.05) is 21.2 Å². The molecule has 5 rings (SSSR count). The van der Waals surface area contributed by atoms with Gasteiger partial charge in [-0.15, -0.1) is 0 Å². The van der Waals surface area contributed by atoms with E-state index in [0.29, 0.717) is 0 Å². The molecule has 1 saturated heterocycles. The number of ketones is 2. The second kappa shape index (κ2) is 10.6. The predicted molar refractivity (Wildman–Crippen MR) is 146 cm³/mol. The zero-order chi connectivity index (χ0) is 30.8. The number of carbonyl (C=O) groups is 3. The van der Waals surface area contributed by atoms with Crippen molar-refractivity contribution in [2.45, 2.75) is 75.3 Å². The summed E-state index contributed by atoms with van der Waals surface area (Å²) in [6.45, 7) is 3.36. The van der Waals surface area contributed by atoms with E-state index < -0.39 is 87.6 Å². The molecule has 12 nitrogen and oxygen atoms in total. The monoisotopic (exact) mass is 585 g/mol. The summed E-state index contributed by atoms with van der Waals surface area (Å²) in [5, 5.41) is 54.9. The number of esters is 1. The maximum Gasteiger partial charge on any atom is 0.316 e. The number of fused-ring (bicyclic) bond motifs is 3. The predicted octanol–water partition coefficient (Wildman–Crippen LogP) is 1.86. The van der Waals surface area contributed by atoms with E-state index in [1.807, 2.05) is 19.0 Å². The second-order valence-electron chi connectivity index (χ2n) is 11.4. The third-order valence-electron chi connectivity index (χ3n) is 8.87. The van der Waals surface area contributed by atoms with Crippen molar-refractivity contribution >= 4 is 17.5 Å². The lowest BCUT2D eigenvalue weighted by Gasteiger charge is -2.46. The number of phenolic OH excluding ortho intramolecular Hbond substituents is 3. The maximum atomic E-state index is 13.7. The minimum atomic E-state index is -1.74. The molecule has 2 aromatic carbocycles. The van der Waals surface area contributed by atoms with Gasteiger partial charge in [-0.3, -0.25) is 14.4 Å². The van der Waals surface area contributed by atoms with E-state index in [4.69, 9.17) is 14.2 Å². The summed E-state index contributed by atoms with van der Waals surface area (Å²) >= 11 is 0. The first-order valence-electron chi connectivity index (χ1n) is 13.7. The van der Waals surface area contributed by atoms with Gasteiger partial charge in [0.2, 0.25) is 5.78 Å². The van der Waals surface area contributed by atoms with Gasteiger partial charge in [0, 0.05) is 30.0 Å². The number of likely N-dealkylation sites (N-methyl/N-ethyl adjacent to an activating group) is 1. The van der Waals surface area contributed by atoms with E-state index in [2.05, 4.69) is 0 Å². The molecule has 0 amide bonds. The van der Waals surface area contributed by atoms with Crippen molar-refractivity contribution in [1.29, 1.82) is 0 Å². The minimum absolute atomic E-state index is 0.00436. The van der Waals surface area contributed by atoms with E-state index in [1.165, 1.54) is 6.07 Å². The number of hydrogen-bond donors (Lipinski definition) is 5. The van der Waals surface area contributed by atoms with Crippen LogP contribution in [0.15, 0.2) is 18.2 Å². The number of ether oxygens (including phenoxy) is 3. The summed E-state index contributed by atoms with van der Waals surface area (Å²) in [5.74, 6) is -5.69. The van der Waals surface area contributed by atoms with Crippen LogP contribution in [0.1, 0.15) is 88.1 Å². The Balaban J connectivity index is 1.70. The van der Waals surface area contributed by atoms with Gasteiger partial charge < -0.3 is 44.6 Å². The summed E-state index contributed by atoms with van der Waals surface area (Å²) in [6.07, 6.45) is -3.34. The average Bonchev–Trinajstić information content (AvgIpc) is 2.93. The fraction of sp³-hybridized carbons (Fsp3) is 0.500. The third kappa shape index (κ3) is 4.45. The molecule has 0 spiro atoms. The summed E-state index contributed by atoms with van der Waals surface area (Å²) in [5.41, 5.74) is -3.36. The van der Waals surface area contributed by atoms with Gasteiger partial charge in [-0.05, 0) is 51.2 Å². The molecular formula is C30H35NO11. The molecule has 7 atom stereocenters. The maximum absolute atomic E-state index is 13.7. The van der Waals surface area contributed by atoms with Gasteiger partial charge in [0.05, 0.1) is 47.7 Å². The molecular weight excluding hydrogens is 550 g/mol. The van der Waals surface area contributed by atoms with Crippen LogP contribution in [0.25, 0.3) is 0 Å². The number of aromatic hydroxyl groups is 3. The van der Waals surface area contributed by atoms with E-state index in [-0.39, 0.29) is 42.0 Å². The molecule has 1 heterocycles. The normalized spacial score (nSPS) is 30.5. The molecule has 0 saturated carbocycles. The molecule has 1 aliphatic heterocycles. The number of nitrogens with zero attached hydrogens (tertiary/aromatic N) is 1. The molecule has 42 heavy (non-hydrogen) atoms. The fourth-order valence-electron chi connectivity index (χ4n) is 6.56. The summed E-state index contributed by atoms with van der Waals surface area (Å²) < 4.78 is 17.3. The number of phenols is 3. The number of aliphatic hydroxyl groups is 2. The van der Waals surface area contributed by atoms with Crippen LogP contribution in [0.4, 0.5) is 0 Å². The highest BCUT2D eigenvalue weighted by molar-refractivity contribution is 6.31. The Kier molecular flexibility index (Phi) is 7.57. The van der Waals surface area contributed by atoms with E-state index >= 15 is 0 Å². The summed E-state index contributed by atoms with van der Waals surface area (Å²) in [4.78, 5) is 42.2. The first kappa shape index (κ1) is 29.9. The number of carbonyl (C=O) groups excluding carboxylic acids is 3. The van der Waals surface area contributed by atoms with Crippen molar-refractivity contribution in [2.24, 2.45) is 0 Å². The Hall–Kier alpha value is -3.55. The van der Waals surface area contributed by atoms with Gasteiger partial charge in [-0.1, -0.05) is 6.92 Å². The highest BCUT2D eigenvalue weighted by atomic mass is 16.7. The van der Waals surface area contributed by atoms with Gasteiger partial charge in [0.1, 0.15) is 23.2 Å². The van der Waals surface area contributed by atoms with Gasteiger partial charge in [0.25, 0.3) is 0 Å². The van der Waals surface area contributed by atoms with Crippen LogP contribution < -0.4 is 0 Å². The Labute approximate surface area is 242 Å². The standard InChI is InChI=1S/C30H35NO11/c1-6-30(39)11-18(42-19-10-15(31(3)4)25(34)12(2)41-19)20-13(24(30)29(38)40-5)9-14-21(27(20)36)28(37)23-17(33)8-7-16(32)22(23)26(14)35/h7-9,12,15,18-19,24-25,32-34,36,39H,6,10-11H2,1-5H3/t12?,15-,18+,19?,24+,25?,30-/m1/s1. The number of benzene rings is 2. The largest absolute Gasteiger partial charge is 0.507 e. The molecule has 12 heteroatoms. The van der Waals surface area contributed by atoms with Crippen LogP contribution in [-0.2, 0) is 19.0 Å². The zero-order valence-electron chi connectivity index (χ0n) is 24.0. The molecule has 226 valence electrons. The Morgan fingerprint density at radius 1 is 1.10 bits per heavy atom. The molecule has 1 fully saturated rings. The summed E-state index contributed by atoms with van der Waals surface area (Å²) in [7, 11) is 4.76. The zero-order valence-corrected chi connectivity index (χ0v) is 24.0. The first-order valence-corrected chi connectivity index (χ1v) is 13.7. The number of rotatable bonds is 5. The fourth-order valence-corrected chi connectivity index (χ4v) is 6.56. The van der Waals surface area contributed by atoms with Crippen molar-refractivity contribution < 1.29 is 54.1 Å². The number of hydrogen-bond acceptors (Lipinski definition) is 12. The number of aliphatic hydroxyl groups excluding tert-OH is 1. The van der Waals surface area contributed by atoms with Crippen LogP contribution in [0.5, 0.6) is 17.2 Å². The highest BCUT2D eigenvalue weighted by Gasteiger charge is 2.53. The van der Waals surface area contributed by atoms with Crippen LogP contribution in [-0.4, -0.2) is 99.3 Å². The van der Waals surface area contributed by atoms with Crippen molar-refractivity contribution in [1.82, 2.24) is 4.90 Å². The van der Waals surface area contributed by atoms with Crippen molar-refractivity contribution in [3.05, 3.63) is 51.6 Å². The second-order valence-corrected chi connectivity index (χ2v) is 11.4. The van der Waals surface area contributed by atoms with Crippen molar-refractivity contribution in [3.8, 4) is 17.2 Å². The molecule has 2 aliphatic carbocycles. The average molecular weight is 586 g/mol. The molecule has 2 aromatic rings. The molecule has 0 aromatic heterocycles. The Bertz CT molecular complexity index is 1470. The SMILES string of the molecule is CC[C@@]1(O)C[C@H](OC2C[C@@H](N(C)C)C(O)C(C)O2)c2c(cc3c(c2O)C(=O)c2c(O)ccc(O)c2C3=O)[C@H]1C(=O)OC. The van der Waals surface area contributed by atoms with E-state index in [9.17, 15) is 39.9 Å². The van der Waals surface area contributed by atoms with Gasteiger partial charge in [-0.25, -0.2) is 0 Å². The molecule has 0 radical (unpaired) electrons. The van der Waals surface area contributed by atoms with E-state index in [1.54, 1.807) is 13.8 Å². The third-order valence-corrected chi connectivity index (χ3v) is 8.87. The molecule has 3 unspecified atom stereocenters. The summed E-state index contributed by atoms with van der Waals surface area (Å²) in [6, 6.07) is 3.05.